The minimum Gasteiger partial charge on any atom is -0.475 e. The largest absolute Gasteiger partial charge is 0.490 e. The molecule has 2 fully saturated rings. The number of hydrogen-bond donors (Lipinski definition) is 2. The number of urea groups is 1. The maximum atomic E-state index is 11.3. The molecule has 3 rings (SSSR count). The Morgan fingerprint density at radius 1 is 1.10 bits per heavy atom. The minimum absolute atomic E-state index is 0.262. The van der Waals surface area contributed by atoms with E-state index in [0.29, 0.717) is 5.41 Å². The summed E-state index contributed by atoms with van der Waals surface area (Å²) in [6, 6.07) is 8.61. The molecule has 2 aliphatic rings. The topological polar surface area (TPSA) is 86.9 Å². The standard InChI is InChI=1S/C18H27N3O.C2HF3O2/c1-15-3-5-16(6-4-15)13-20-10-2-7-18(14-20)8-11-21(12-9-18)17(19)22;3-2(4,5)1(6)7/h3-6H,2,7-14H2,1H3,(H2,19,22);(H,6,7). The molecule has 3 N–H and O–H groups in total. The summed E-state index contributed by atoms with van der Waals surface area (Å²) in [6.45, 7) is 7.18. The molecule has 0 aliphatic carbocycles. The van der Waals surface area contributed by atoms with Crippen LogP contribution in [0.15, 0.2) is 24.3 Å². The number of likely N-dealkylation sites (tertiary alicyclic amines) is 2. The summed E-state index contributed by atoms with van der Waals surface area (Å²) in [5, 5.41) is 7.12. The quantitative estimate of drug-likeness (QED) is 0.775. The van der Waals surface area contributed by atoms with E-state index < -0.39 is 12.1 Å². The zero-order chi connectivity index (χ0) is 21.7. The van der Waals surface area contributed by atoms with Crippen LogP contribution in [0.1, 0.15) is 36.8 Å². The SMILES string of the molecule is Cc1ccc(CN2CCCC3(CCN(C(N)=O)CC3)C2)cc1.O=C(O)C(F)(F)F. The lowest BCUT2D eigenvalue weighted by Gasteiger charge is -2.47. The van der Waals surface area contributed by atoms with Gasteiger partial charge < -0.3 is 15.7 Å². The molecular formula is C20H28F3N3O3. The third-order valence-electron chi connectivity index (χ3n) is 5.65. The lowest BCUT2D eigenvalue weighted by atomic mass is 9.72. The molecule has 2 aliphatic heterocycles. The number of carboxylic acids is 1. The summed E-state index contributed by atoms with van der Waals surface area (Å²) in [5.74, 6) is -2.76. The van der Waals surface area contributed by atoms with E-state index in [1.54, 1.807) is 4.90 Å². The van der Waals surface area contributed by atoms with Gasteiger partial charge in [0.25, 0.3) is 0 Å². The van der Waals surface area contributed by atoms with E-state index in [0.717, 1.165) is 39.0 Å². The molecule has 1 aromatic rings. The van der Waals surface area contributed by atoms with Crippen LogP contribution in [0, 0.1) is 12.3 Å². The van der Waals surface area contributed by atoms with E-state index in [2.05, 4.69) is 36.1 Å². The number of nitrogens with two attached hydrogens (primary N) is 1. The number of aliphatic carboxylic acids is 1. The summed E-state index contributed by atoms with van der Waals surface area (Å²) in [5.41, 5.74) is 8.52. The predicted molar refractivity (Wildman–Crippen MR) is 102 cm³/mol. The number of primary amides is 1. The fourth-order valence-electron chi connectivity index (χ4n) is 4.01. The second-order valence-corrected chi connectivity index (χ2v) is 7.93. The van der Waals surface area contributed by atoms with E-state index in [1.165, 1.54) is 30.5 Å². The van der Waals surface area contributed by atoms with Gasteiger partial charge in [-0.3, -0.25) is 4.90 Å². The van der Waals surface area contributed by atoms with E-state index in [9.17, 15) is 18.0 Å². The summed E-state index contributed by atoms with van der Waals surface area (Å²) in [7, 11) is 0. The van der Waals surface area contributed by atoms with Gasteiger partial charge in [0.2, 0.25) is 0 Å². The summed E-state index contributed by atoms with van der Waals surface area (Å²) < 4.78 is 31.7. The first-order valence-corrected chi connectivity index (χ1v) is 9.63. The summed E-state index contributed by atoms with van der Waals surface area (Å²) in [6.07, 6.45) is -0.326. The van der Waals surface area contributed by atoms with Crippen molar-refractivity contribution in [1.82, 2.24) is 9.80 Å². The number of alkyl halides is 3. The highest BCUT2D eigenvalue weighted by atomic mass is 19.4. The van der Waals surface area contributed by atoms with Crippen LogP contribution in [0.2, 0.25) is 0 Å². The first kappa shape index (κ1) is 23.0. The number of carbonyl (C=O) groups excluding carboxylic acids is 1. The molecule has 0 bridgehead atoms. The number of amides is 2. The van der Waals surface area contributed by atoms with Gasteiger partial charge in [-0.2, -0.15) is 13.2 Å². The molecule has 0 saturated carbocycles. The van der Waals surface area contributed by atoms with Crippen LogP contribution in [0.5, 0.6) is 0 Å². The number of aryl methyl sites for hydroxylation is 1. The van der Waals surface area contributed by atoms with Gasteiger partial charge in [0.1, 0.15) is 0 Å². The van der Waals surface area contributed by atoms with Crippen molar-refractivity contribution in [2.24, 2.45) is 11.1 Å². The number of benzene rings is 1. The van der Waals surface area contributed by atoms with Crippen molar-refractivity contribution in [1.29, 1.82) is 0 Å². The molecule has 162 valence electrons. The molecule has 0 atom stereocenters. The average molecular weight is 415 g/mol. The minimum atomic E-state index is -5.08. The Bertz CT molecular complexity index is 699. The van der Waals surface area contributed by atoms with Crippen molar-refractivity contribution in [3.8, 4) is 0 Å². The second kappa shape index (κ2) is 9.47. The number of nitrogens with zero attached hydrogens (tertiary/aromatic N) is 2. The monoisotopic (exact) mass is 415 g/mol. The lowest BCUT2D eigenvalue weighted by Crippen LogP contribution is -2.51. The Hall–Kier alpha value is -2.29. The van der Waals surface area contributed by atoms with Crippen molar-refractivity contribution < 1.29 is 27.9 Å². The van der Waals surface area contributed by atoms with Crippen LogP contribution in [0.3, 0.4) is 0 Å². The number of halogens is 3. The molecular weight excluding hydrogens is 387 g/mol. The highest BCUT2D eigenvalue weighted by molar-refractivity contribution is 5.73. The number of hydrogen-bond acceptors (Lipinski definition) is 3. The maximum absolute atomic E-state index is 11.3. The Kier molecular flexibility index (Phi) is 7.51. The van der Waals surface area contributed by atoms with Crippen LogP contribution in [-0.4, -0.2) is 59.3 Å². The van der Waals surface area contributed by atoms with Crippen LogP contribution < -0.4 is 5.73 Å². The predicted octanol–water partition coefficient (Wildman–Crippen LogP) is 3.39. The molecule has 1 aromatic carbocycles. The third-order valence-corrected chi connectivity index (χ3v) is 5.65. The normalized spacial score (nSPS) is 19.4. The molecule has 2 amide bonds. The van der Waals surface area contributed by atoms with Crippen molar-refractivity contribution in [2.45, 2.75) is 45.3 Å². The average Bonchev–Trinajstić information content (AvgIpc) is 2.64. The molecule has 29 heavy (non-hydrogen) atoms. The van der Waals surface area contributed by atoms with E-state index in [-0.39, 0.29) is 6.03 Å². The molecule has 6 nitrogen and oxygen atoms in total. The highest BCUT2D eigenvalue weighted by Crippen LogP contribution is 2.40. The Labute approximate surface area is 168 Å². The third kappa shape index (κ3) is 6.92. The fourth-order valence-corrected chi connectivity index (χ4v) is 4.01. The summed E-state index contributed by atoms with van der Waals surface area (Å²) >= 11 is 0. The molecule has 2 heterocycles. The van der Waals surface area contributed by atoms with Crippen LogP contribution in [-0.2, 0) is 11.3 Å². The van der Waals surface area contributed by atoms with Gasteiger partial charge in [0.05, 0.1) is 0 Å². The Morgan fingerprint density at radius 3 is 2.14 bits per heavy atom. The number of carbonyl (C=O) groups is 2. The highest BCUT2D eigenvalue weighted by Gasteiger charge is 2.39. The first-order chi connectivity index (χ1) is 13.5. The van der Waals surface area contributed by atoms with Gasteiger partial charge in [-0.15, -0.1) is 0 Å². The smallest absolute Gasteiger partial charge is 0.475 e. The summed E-state index contributed by atoms with van der Waals surface area (Å²) in [4.78, 5) is 24.6. The van der Waals surface area contributed by atoms with Gasteiger partial charge in [-0.25, -0.2) is 9.59 Å². The Balaban J connectivity index is 0.000000370. The van der Waals surface area contributed by atoms with Crippen LogP contribution in [0.25, 0.3) is 0 Å². The molecule has 9 heteroatoms. The Morgan fingerprint density at radius 2 is 1.66 bits per heavy atom. The van der Waals surface area contributed by atoms with E-state index >= 15 is 0 Å². The zero-order valence-electron chi connectivity index (χ0n) is 16.5. The van der Waals surface area contributed by atoms with Crippen molar-refractivity contribution in [3.05, 3.63) is 35.4 Å². The molecule has 2 saturated heterocycles. The number of rotatable bonds is 2. The fraction of sp³-hybridized carbons (Fsp3) is 0.600. The molecule has 0 radical (unpaired) electrons. The lowest BCUT2D eigenvalue weighted by molar-refractivity contribution is -0.192. The van der Waals surface area contributed by atoms with Crippen LogP contribution in [0.4, 0.5) is 18.0 Å². The van der Waals surface area contributed by atoms with Crippen molar-refractivity contribution in [3.63, 3.8) is 0 Å². The van der Waals surface area contributed by atoms with Crippen LogP contribution >= 0.6 is 0 Å². The molecule has 1 spiro atoms. The van der Waals surface area contributed by atoms with Crippen molar-refractivity contribution in [2.75, 3.05) is 26.2 Å². The number of piperidine rings is 2. The molecule has 0 unspecified atom stereocenters. The van der Waals surface area contributed by atoms with Gasteiger partial charge in [0, 0.05) is 26.2 Å². The second-order valence-electron chi connectivity index (χ2n) is 7.93. The number of carboxylic acid groups (broad SMARTS) is 1. The molecule has 0 aromatic heterocycles. The van der Waals surface area contributed by atoms with Gasteiger partial charge in [0.15, 0.2) is 0 Å². The van der Waals surface area contributed by atoms with Gasteiger partial charge in [-0.05, 0) is 50.1 Å². The van der Waals surface area contributed by atoms with Crippen molar-refractivity contribution >= 4 is 12.0 Å². The van der Waals surface area contributed by atoms with E-state index in [4.69, 9.17) is 15.6 Å². The van der Waals surface area contributed by atoms with E-state index in [1.807, 2.05) is 0 Å². The van der Waals surface area contributed by atoms with Gasteiger partial charge in [-0.1, -0.05) is 29.8 Å². The zero-order valence-corrected chi connectivity index (χ0v) is 16.5. The maximum Gasteiger partial charge on any atom is 0.490 e. The van der Waals surface area contributed by atoms with Gasteiger partial charge >= 0.3 is 18.2 Å². The first-order valence-electron chi connectivity index (χ1n) is 9.63.